The lowest BCUT2D eigenvalue weighted by atomic mass is 10.3. The molecule has 0 saturated heterocycles. The highest BCUT2D eigenvalue weighted by atomic mass is 127. The van der Waals surface area contributed by atoms with E-state index in [0.717, 1.165) is 23.1 Å². The summed E-state index contributed by atoms with van der Waals surface area (Å²) in [7, 11) is 1.88. The molecule has 1 aliphatic rings. The average Bonchev–Trinajstić information content (AvgIpc) is 3.22. The second-order valence-corrected chi connectivity index (χ2v) is 5.90. The number of halogens is 1. The van der Waals surface area contributed by atoms with Crippen LogP contribution in [0.4, 0.5) is 17.3 Å². The van der Waals surface area contributed by atoms with Crippen molar-refractivity contribution < 1.29 is 0 Å². The summed E-state index contributed by atoms with van der Waals surface area (Å²) in [5.74, 6) is 3.21. The van der Waals surface area contributed by atoms with E-state index in [1.54, 1.807) is 0 Å². The monoisotopic (exact) mass is 366 g/mol. The fourth-order valence-electron chi connectivity index (χ4n) is 1.90. The number of aromatic nitrogens is 2. The number of nitrogens with one attached hydrogen (secondary N) is 2. The summed E-state index contributed by atoms with van der Waals surface area (Å²) in [6, 6.07) is 10.2. The van der Waals surface area contributed by atoms with E-state index in [-0.39, 0.29) is 0 Å². The summed E-state index contributed by atoms with van der Waals surface area (Å²) in [5, 5.41) is 6.44. The van der Waals surface area contributed by atoms with E-state index < -0.39 is 0 Å². The van der Waals surface area contributed by atoms with Gasteiger partial charge in [-0.15, -0.1) is 0 Å². The molecule has 0 spiro atoms. The minimum atomic E-state index is 0.546. The van der Waals surface area contributed by atoms with Crippen molar-refractivity contribution in [3.05, 3.63) is 39.7 Å². The SMILES string of the molecule is CNc1cc(Nc2cccc(I)c2)nc(C2CC2)n1. The van der Waals surface area contributed by atoms with E-state index in [9.17, 15) is 0 Å². The molecule has 19 heavy (non-hydrogen) atoms. The van der Waals surface area contributed by atoms with Crippen molar-refractivity contribution >= 4 is 39.9 Å². The number of rotatable bonds is 4. The Morgan fingerprint density at radius 2 is 1.95 bits per heavy atom. The molecule has 5 heteroatoms. The second kappa shape index (κ2) is 5.32. The van der Waals surface area contributed by atoms with Gasteiger partial charge in [0.05, 0.1) is 0 Å². The van der Waals surface area contributed by atoms with Gasteiger partial charge in [0.2, 0.25) is 0 Å². The third kappa shape index (κ3) is 3.15. The van der Waals surface area contributed by atoms with Crippen LogP contribution in [0.5, 0.6) is 0 Å². The van der Waals surface area contributed by atoms with Crippen LogP contribution >= 0.6 is 22.6 Å². The topological polar surface area (TPSA) is 49.8 Å². The van der Waals surface area contributed by atoms with E-state index in [1.165, 1.54) is 16.4 Å². The third-order valence-corrected chi connectivity index (χ3v) is 3.71. The van der Waals surface area contributed by atoms with Crippen molar-refractivity contribution in [2.24, 2.45) is 0 Å². The van der Waals surface area contributed by atoms with Gasteiger partial charge in [-0.2, -0.15) is 0 Å². The third-order valence-electron chi connectivity index (χ3n) is 3.04. The van der Waals surface area contributed by atoms with E-state index >= 15 is 0 Å². The number of benzene rings is 1. The van der Waals surface area contributed by atoms with Crippen molar-refractivity contribution in [1.82, 2.24) is 9.97 Å². The van der Waals surface area contributed by atoms with Crippen LogP contribution in [0.1, 0.15) is 24.6 Å². The number of nitrogens with zero attached hydrogens (tertiary/aromatic N) is 2. The Morgan fingerprint density at radius 1 is 1.16 bits per heavy atom. The fourth-order valence-corrected chi connectivity index (χ4v) is 2.44. The minimum Gasteiger partial charge on any atom is -0.373 e. The smallest absolute Gasteiger partial charge is 0.136 e. The fraction of sp³-hybridized carbons (Fsp3) is 0.286. The summed E-state index contributed by atoms with van der Waals surface area (Å²) in [6.07, 6.45) is 2.41. The normalized spacial score (nSPS) is 14.2. The predicted molar refractivity (Wildman–Crippen MR) is 86.0 cm³/mol. The van der Waals surface area contributed by atoms with Crippen LogP contribution in [0.15, 0.2) is 30.3 Å². The molecule has 1 heterocycles. The van der Waals surface area contributed by atoms with E-state index in [1.807, 2.05) is 25.2 Å². The lowest BCUT2D eigenvalue weighted by Gasteiger charge is -2.09. The summed E-state index contributed by atoms with van der Waals surface area (Å²) in [4.78, 5) is 9.11. The molecule has 0 aliphatic heterocycles. The quantitative estimate of drug-likeness (QED) is 0.810. The van der Waals surface area contributed by atoms with Gasteiger partial charge in [-0.25, -0.2) is 9.97 Å². The molecule has 2 aromatic rings. The molecule has 0 atom stereocenters. The van der Waals surface area contributed by atoms with Crippen LogP contribution in [-0.4, -0.2) is 17.0 Å². The standard InChI is InChI=1S/C14H15IN4/c1-16-12-8-13(19-14(18-12)9-5-6-9)17-11-4-2-3-10(15)7-11/h2-4,7-9H,5-6H2,1H3,(H2,16,17,18,19). The molecule has 1 aliphatic carbocycles. The Hall–Kier alpha value is -1.37. The maximum Gasteiger partial charge on any atom is 0.136 e. The average molecular weight is 366 g/mol. The van der Waals surface area contributed by atoms with Crippen LogP contribution in [-0.2, 0) is 0 Å². The molecule has 0 radical (unpaired) electrons. The summed E-state index contributed by atoms with van der Waals surface area (Å²) in [6.45, 7) is 0. The largest absolute Gasteiger partial charge is 0.373 e. The molecule has 1 aromatic carbocycles. The zero-order valence-corrected chi connectivity index (χ0v) is 12.8. The van der Waals surface area contributed by atoms with Gasteiger partial charge in [-0.1, -0.05) is 6.07 Å². The molecule has 0 amide bonds. The van der Waals surface area contributed by atoms with Gasteiger partial charge in [0, 0.05) is 28.3 Å². The number of hydrogen-bond acceptors (Lipinski definition) is 4. The van der Waals surface area contributed by atoms with E-state index in [4.69, 9.17) is 0 Å². The first-order chi connectivity index (χ1) is 9.24. The molecular weight excluding hydrogens is 351 g/mol. The lowest BCUT2D eigenvalue weighted by Crippen LogP contribution is -2.03. The Morgan fingerprint density at radius 3 is 2.63 bits per heavy atom. The first kappa shape index (κ1) is 12.7. The van der Waals surface area contributed by atoms with Crippen LogP contribution in [0, 0.1) is 3.57 Å². The molecule has 1 saturated carbocycles. The molecule has 1 fully saturated rings. The van der Waals surface area contributed by atoms with E-state index in [0.29, 0.717) is 5.92 Å². The number of anilines is 3. The van der Waals surface area contributed by atoms with Crippen molar-refractivity contribution in [3.8, 4) is 0 Å². The molecule has 0 bridgehead atoms. The predicted octanol–water partition coefficient (Wildman–Crippen LogP) is 3.74. The number of hydrogen-bond donors (Lipinski definition) is 2. The lowest BCUT2D eigenvalue weighted by molar-refractivity contribution is 0.932. The molecule has 98 valence electrons. The van der Waals surface area contributed by atoms with Gasteiger partial charge in [0.25, 0.3) is 0 Å². The van der Waals surface area contributed by atoms with Crippen molar-refractivity contribution in [3.63, 3.8) is 0 Å². The van der Waals surface area contributed by atoms with Gasteiger partial charge in [-0.3, -0.25) is 0 Å². The minimum absolute atomic E-state index is 0.546. The molecule has 4 nitrogen and oxygen atoms in total. The zero-order valence-electron chi connectivity index (χ0n) is 10.7. The summed E-state index contributed by atoms with van der Waals surface area (Å²) < 4.78 is 1.20. The van der Waals surface area contributed by atoms with Crippen LogP contribution in [0.25, 0.3) is 0 Å². The Bertz CT molecular complexity index is 596. The van der Waals surface area contributed by atoms with Crippen molar-refractivity contribution in [2.45, 2.75) is 18.8 Å². The molecule has 1 aromatic heterocycles. The van der Waals surface area contributed by atoms with Crippen LogP contribution in [0.2, 0.25) is 0 Å². The van der Waals surface area contributed by atoms with Gasteiger partial charge >= 0.3 is 0 Å². The first-order valence-corrected chi connectivity index (χ1v) is 7.42. The van der Waals surface area contributed by atoms with Crippen LogP contribution in [0.3, 0.4) is 0 Å². The first-order valence-electron chi connectivity index (χ1n) is 6.34. The molecule has 2 N–H and O–H groups in total. The van der Waals surface area contributed by atoms with Gasteiger partial charge < -0.3 is 10.6 Å². The molecular formula is C14H15IN4. The summed E-state index contributed by atoms with van der Waals surface area (Å²) in [5.41, 5.74) is 1.05. The maximum atomic E-state index is 4.60. The zero-order chi connectivity index (χ0) is 13.2. The van der Waals surface area contributed by atoms with Crippen molar-refractivity contribution in [2.75, 3.05) is 17.7 Å². The van der Waals surface area contributed by atoms with Gasteiger partial charge in [0.1, 0.15) is 17.5 Å². The highest BCUT2D eigenvalue weighted by Crippen LogP contribution is 2.39. The maximum absolute atomic E-state index is 4.60. The highest BCUT2D eigenvalue weighted by molar-refractivity contribution is 14.1. The van der Waals surface area contributed by atoms with Gasteiger partial charge in [0.15, 0.2) is 0 Å². The Kier molecular flexibility index (Phi) is 3.54. The Balaban J connectivity index is 1.89. The van der Waals surface area contributed by atoms with Gasteiger partial charge in [-0.05, 0) is 53.6 Å². The summed E-state index contributed by atoms with van der Waals surface area (Å²) >= 11 is 2.30. The van der Waals surface area contributed by atoms with Crippen LogP contribution < -0.4 is 10.6 Å². The molecule has 3 rings (SSSR count). The molecule has 0 unspecified atom stereocenters. The van der Waals surface area contributed by atoms with E-state index in [2.05, 4.69) is 55.3 Å². The highest BCUT2D eigenvalue weighted by Gasteiger charge is 2.27. The second-order valence-electron chi connectivity index (χ2n) is 4.66. The Labute approximate surface area is 126 Å². The van der Waals surface area contributed by atoms with Crippen molar-refractivity contribution in [1.29, 1.82) is 0 Å².